The van der Waals surface area contributed by atoms with E-state index in [0.29, 0.717) is 12.1 Å². The SMILES string of the molecule is O=Cc1ccc([18F])c(C(F)(F)F)c1. The van der Waals surface area contributed by atoms with Gasteiger partial charge < -0.3 is 0 Å². The Bertz CT molecular complexity index is 329. The standard InChI is InChI=1S/C8H4F4O/c9-7-2-1-5(4-13)3-6(7)8(10,11)12/h1-4H/i9-1. The van der Waals surface area contributed by atoms with E-state index in [1.54, 1.807) is 0 Å². The number of halogens is 4. The van der Waals surface area contributed by atoms with E-state index >= 15 is 0 Å². The second kappa shape index (κ2) is 3.16. The van der Waals surface area contributed by atoms with Gasteiger partial charge >= 0.3 is 6.18 Å². The maximum atomic E-state index is 12.6. The van der Waals surface area contributed by atoms with Crippen molar-refractivity contribution in [2.45, 2.75) is 6.18 Å². The lowest BCUT2D eigenvalue weighted by molar-refractivity contribution is -0.140. The topological polar surface area (TPSA) is 17.1 Å². The second-order valence-electron chi connectivity index (χ2n) is 2.35. The second-order valence-corrected chi connectivity index (χ2v) is 2.35. The highest BCUT2D eigenvalue weighted by Gasteiger charge is 2.34. The predicted octanol–water partition coefficient (Wildman–Crippen LogP) is 2.66. The molecule has 1 aromatic rings. The zero-order chi connectivity index (χ0) is 10.1. The molecule has 0 aliphatic rings. The molecule has 0 aliphatic heterocycles. The van der Waals surface area contributed by atoms with Crippen LogP contribution in [-0.4, -0.2) is 6.29 Å². The van der Waals surface area contributed by atoms with Crippen LogP contribution in [0.25, 0.3) is 0 Å². The van der Waals surface area contributed by atoms with Crippen LogP contribution in [0.3, 0.4) is 0 Å². The number of hydrogen-bond acceptors (Lipinski definition) is 1. The maximum absolute atomic E-state index is 12.6. The Hall–Kier alpha value is -1.39. The minimum Gasteiger partial charge on any atom is -0.298 e. The molecule has 0 aliphatic carbocycles. The van der Waals surface area contributed by atoms with Gasteiger partial charge in [-0.15, -0.1) is 0 Å². The van der Waals surface area contributed by atoms with Crippen molar-refractivity contribution in [3.05, 3.63) is 35.1 Å². The minimum absolute atomic E-state index is 0.200. The number of alkyl halides is 3. The van der Waals surface area contributed by atoms with Crippen LogP contribution in [0.15, 0.2) is 18.2 Å². The maximum Gasteiger partial charge on any atom is 0.419 e. The Morgan fingerprint density at radius 1 is 1.23 bits per heavy atom. The summed E-state index contributed by atoms with van der Waals surface area (Å²) < 4.78 is 48.6. The van der Waals surface area contributed by atoms with Crippen molar-refractivity contribution >= 4 is 6.29 Å². The molecule has 0 bridgehead atoms. The van der Waals surface area contributed by atoms with Gasteiger partial charge in [0.2, 0.25) is 0 Å². The van der Waals surface area contributed by atoms with Crippen LogP contribution in [0.1, 0.15) is 15.9 Å². The van der Waals surface area contributed by atoms with Crippen LogP contribution in [0, 0.1) is 5.82 Å². The highest BCUT2D eigenvalue weighted by Crippen LogP contribution is 2.31. The zero-order valence-corrected chi connectivity index (χ0v) is 6.23. The van der Waals surface area contributed by atoms with Gasteiger partial charge in [0.25, 0.3) is 0 Å². The van der Waals surface area contributed by atoms with Crippen LogP contribution < -0.4 is 0 Å². The molecule has 0 unspecified atom stereocenters. The fourth-order valence-corrected chi connectivity index (χ4v) is 0.833. The lowest BCUT2D eigenvalue weighted by Crippen LogP contribution is -2.08. The van der Waals surface area contributed by atoms with Crippen molar-refractivity contribution in [3.8, 4) is 0 Å². The molecule has 0 fully saturated rings. The Morgan fingerprint density at radius 2 is 1.85 bits per heavy atom. The van der Waals surface area contributed by atoms with Crippen LogP contribution in [0.4, 0.5) is 17.6 Å². The number of carbonyl (C=O) groups excluding carboxylic acids is 1. The van der Waals surface area contributed by atoms with Crippen LogP contribution in [0.5, 0.6) is 0 Å². The van der Waals surface area contributed by atoms with E-state index in [9.17, 15) is 22.4 Å². The molecule has 13 heavy (non-hydrogen) atoms. The summed E-state index contributed by atoms with van der Waals surface area (Å²) in [5.74, 6) is -1.38. The monoisotopic (exact) mass is 191 g/mol. The van der Waals surface area contributed by atoms with E-state index in [0.717, 1.165) is 6.07 Å². The summed E-state index contributed by atoms with van der Waals surface area (Å²) in [4.78, 5) is 10.1. The molecule has 70 valence electrons. The smallest absolute Gasteiger partial charge is 0.298 e. The first-order valence-electron chi connectivity index (χ1n) is 3.27. The van der Waals surface area contributed by atoms with Gasteiger partial charge in [0.15, 0.2) is 0 Å². The Morgan fingerprint density at radius 3 is 2.31 bits per heavy atom. The third-order valence-electron chi connectivity index (χ3n) is 1.43. The molecule has 0 aromatic heterocycles. The van der Waals surface area contributed by atoms with Crippen molar-refractivity contribution in [1.29, 1.82) is 0 Å². The molecule has 0 amide bonds. The van der Waals surface area contributed by atoms with E-state index in [1.807, 2.05) is 0 Å². The zero-order valence-electron chi connectivity index (χ0n) is 6.23. The van der Waals surface area contributed by atoms with E-state index in [2.05, 4.69) is 0 Å². The fraction of sp³-hybridized carbons (Fsp3) is 0.125. The third-order valence-corrected chi connectivity index (χ3v) is 1.43. The average molecular weight is 191 g/mol. The van der Waals surface area contributed by atoms with Gasteiger partial charge in [-0.25, -0.2) is 4.39 Å². The predicted molar refractivity (Wildman–Crippen MR) is 36.8 cm³/mol. The average Bonchev–Trinajstić information content (AvgIpc) is 2.03. The third kappa shape index (κ3) is 2.05. The molecule has 0 atom stereocenters. The molecule has 0 spiro atoms. The number of hydrogen-bond donors (Lipinski definition) is 0. The first kappa shape index (κ1) is 9.70. The molecule has 0 radical (unpaired) electrons. The molecule has 0 saturated heterocycles. The number of carbonyl (C=O) groups is 1. The Balaban J connectivity index is 3.27. The van der Waals surface area contributed by atoms with Crippen molar-refractivity contribution < 1.29 is 22.4 Å². The lowest BCUT2D eigenvalue weighted by Gasteiger charge is -2.07. The molecule has 0 heterocycles. The molecular formula is C8H4F4O. The van der Waals surface area contributed by atoms with E-state index in [1.165, 1.54) is 0 Å². The van der Waals surface area contributed by atoms with E-state index in [-0.39, 0.29) is 11.8 Å². The normalized spacial score (nSPS) is 11.4. The summed E-state index contributed by atoms with van der Waals surface area (Å²) in [6.07, 6.45) is -4.53. The highest BCUT2D eigenvalue weighted by molar-refractivity contribution is 5.75. The number of benzene rings is 1. The Kier molecular flexibility index (Phi) is 2.36. The number of rotatable bonds is 1. The first-order chi connectivity index (χ1) is 5.95. The van der Waals surface area contributed by atoms with Gasteiger partial charge in [-0.3, -0.25) is 4.79 Å². The number of aldehydes is 1. The molecule has 1 nitrogen and oxygen atoms in total. The summed E-state index contributed by atoms with van der Waals surface area (Å²) in [5.41, 5.74) is -1.62. The van der Waals surface area contributed by atoms with Crippen molar-refractivity contribution in [1.82, 2.24) is 0 Å². The van der Waals surface area contributed by atoms with Gasteiger partial charge in [0, 0.05) is 5.56 Å². The minimum atomic E-state index is -4.76. The van der Waals surface area contributed by atoms with Crippen molar-refractivity contribution in [2.24, 2.45) is 0 Å². The lowest BCUT2D eigenvalue weighted by atomic mass is 10.1. The summed E-state index contributed by atoms with van der Waals surface area (Å²) in [5, 5.41) is 0. The van der Waals surface area contributed by atoms with Crippen molar-refractivity contribution in [2.75, 3.05) is 0 Å². The van der Waals surface area contributed by atoms with Gasteiger partial charge in [0.1, 0.15) is 12.1 Å². The fourth-order valence-electron chi connectivity index (χ4n) is 0.833. The van der Waals surface area contributed by atoms with E-state index < -0.39 is 17.6 Å². The summed E-state index contributed by atoms with van der Waals surface area (Å²) in [7, 11) is 0. The first-order valence-corrected chi connectivity index (χ1v) is 3.27. The summed E-state index contributed by atoms with van der Waals surface area (Å²) in [6, 6.07) is 2.08. The van der Waals surface area contributed by atoms with Gasteiger partial charge in [-0.2, -0.15) is 13.2 Å². The van der Waals surface area contributed by atoms with Gasteiger partial charge in [-0.1, -0.05) is 0 Å². The van der Waals surface area contributed by atoms with Gasteiger partial charge in [0.05, 0.1) is 5.56 Å². The van der Waals surface area contributed by atoms with E-state index in [4.69, 9.17) is 0 Å². The molecule has 5 heteroatoms. The van der Waals surface area contributed by atoms with Crippen LogP contribution in [-0.2, 0) is 6.18 Å². The largest absolute Gasteiger partial charge is 0.419 e. The highest BCUT2D eigenvalue weighted by atomic mass is 19.4. The van der Waals surface area contributed by atoms with Gasteiger partial charge in [-0.05, 0) is 18.2 Å². The molecular weight excluding hydrogens is 187 g/mol. The molecule has 1 aromatic carbocycles. The van der Waals surface area contributed by atoms with Crippen molar-refractivity contribution in [3.63, 3.8) is 0 Å². The summed E-state index contributed by atoms with van der Waals surface area (Å²) in [6.45, 7) is 0. The van der Waals surface area contributed by atoms with Crippen LogP contribution >= 0.6 is 0 Å². The van der Waals surface area contributed by atoms with Crippen LogP contribution in [0.2, 0.25) is 0 Å². The molecule has 0 N–H and O–H groups in total. The Labute approximate surface area is 71.0 Å². The molecule has 0 saturated carbocycles. The summed E-state index contributed by atoms with van der Waals surface area (Å²) >= 11 is 0. The quantitative estimate of drug-likeness (QED) is 0.492. The molecule has 1 rings (SSSR count).